The zero-order valence-electron chi connectivity index (χ0n) is 16.8. The summed E-state index contributed by atoms with van der Waals surface area (Å²) in [6.45, 7) is 11.6. The Morgan fingerprint density at radius 3 is 2.15 bits per heavy atom. The first-order chi connectivity index (χ1) is 12.6. The van der Waals surface area contributed by atoms with Crippen molar-refractivity contribution >= 4 is 36.0 Å². The number of esters is 1. The van der Waals surface area contributed by atoms with Crippen molar-refractivity contribution in [1.29, 1.82) is 0 Å². The van der Waals surface area contributed by atoms with E-state index in [1.807, 2.05) is 45.9 Å². The molecule has 2 rings (SSSR count). The molecule has 0 atom stereocenters. The minimum Gasteiger partial charge on any atom is -0.462 e. The van der Waals surface area contributed by atoms with Gasteiger partial charge in [-0.1, -0.05) is 30.0 Å². The van der Waals surface area contributed by atoms with Gasteiger partial charge >= 0.3 is 13.1 Å². The predicted molar refractivity (Wildman–Crippen MR) is 110 cm³/mol. The summed E-state index contributed by atoms with van der Waals surface area (Å²) < 4.78 is 17.3. The van der Waals surface area contributed by atoms with E-state index in [0.29, 0.717) is 17.9 Å². The van der Waals surface area contributed by atoms with Crippen LogP contribution in [0.15, 0.2) is 29.7 Å². The van der Waals surface area contributed by atoms with Crippen LogP contribution in [-0.2, 0) is 18.8 Å². The molecule has 0 amide bonds. The Morgan fingerprint density at radius 2 is 1.67 bits per heavy atom. The van der Waals surface area contributed by atoms with Crippen LogP contribution >= 0.6 is 11.8 Å². The lowest BCUT2D eigenvalue weighted by molar-refractivity contribution is -0.109. The van der Waals surface area contributed by atoms with Gasteiger partial charge in [0.25, 0.3) is 0 Å². The molecule has 7 heteroatoms. The van der Waals surface area contributed by atoms with Gasteiger partial charge in [-0.15, -0.1) is 0 Å². The third-order valence-corrected chi connectivity index (χ3v) is 5.66. The lowest BCUT2D eigenvalue weighted by atomic mass is 9.78. The molecule has 1 aliphatic heterocycles. The SMILES string of the molecule is CCOC(=O)c1ccc(C=C(CSC(C)=O)B2OC(C)(C)C(C)(C)O2)cc1. The molecule has 5 nitrogen and oxygen atoms in total. The van der Waals surface area contributed by atoms with Crippen LogP contribution in [0.25, 0.3) is 6.08 Å². The van der Waals surface area contributed by atoms with Crippen LogP contribution in [0.2, 0.25) is 0 Å². The summed E-state index contributed by atoms with van der Waals surface area (Å²) in [4.78, 5) is 23.2. The number of rotatable bonds is 6. The first-order valence-corrected chi connectivity index (χ1v) is 10.0. The molecular formula is C20H27BO5S. The van der Waals surface area contributed by atoms with Crippen LogP contribution in [0.1, 0.15) is 57.5 Å². The molecule has 0 aliphatic carbocycles. The maximum atomic E-state index is 11.8. The van der Waals surface area contributed by atoms with E-state index < -0.39 is 18.3 Å². The Morgan fingerprint density at radius 1 is 1.11 bits per heavy atom. The third-order valence-electron chi connectivity index (χ3n) is 4.77. The fourth-order valence-corrected chi connectivity index (χ4v) is 3.09. The third kappa shape index (κ3) is 5.47. The molecule has 0 spiro atoms. The summed E-state index contributed by atoms with van der Waals surface area (Å²) in [5.74, 6) is 0.137. The van der Waals surface area contributed by atoms with Crippen LogP contribution < -0.4 is 0 Å². The fourth-order valence-electron chi connectivity index (χ4n) is 2.50. The highest BCUT2D eigenvalue weighted by Crippen LogP contribution is 2.39. The average Bonchev–Trinajstić information content (AvgIpc) is 2.79. The lowest BCUT2D eigenvalue weighted by Crippen LogP contribution is -2.41. The van der Waals surface area contributed by atoms with E-state index in [4.69, 9.17) is 14.0 Å². The number of benzene rings is 1. The molecule has 1 aliphatic rings. The number of ether oxygens (including phenoxy) is 1. The summed E-state index contributed by atoms with van der Waals surface area (Å²) in [6.07, 6.45) is 1.95. The molecule has 1 heterocycles. The standard InChI is InChI=1S/C20H27BO5S/c1-7-24-18(23)16-10-8-15(9-11-16)12-17(13-27-14(2)22)21-25-19(3,4)20(5,6)26-21/h8-12H,7,13H2,1-6H3. The van der Waals surface area contributed by atoms with Gasteiger partial charge in [0.2, 0.25) is 0 Å². The zero-order chi connectivity index (χ0) is 20.2. The van der Waals surface area contributed by atoms with Gasteiger partial charge < -0.3 is 14.0 Å². The first-order valence-electron chi connectivity index (χ1n) is 9.02. The van der Waals surface area contributed by atoms with Crippen molar-refractivity contribution in [2.24, 2.45) is 0 Å². The van der Waals surface area contributed by atoms with E-state index in [-0.39, 0.29) is 11.1 Å². The van der Waals surface area contributed by atoms with Crippen LogP contribution in [0.5, 0.6) is 0 Å². The number of thioether (sulfide) groups is 1. The molecular weight excluding hydrogens is 363 g/mol. The minimum absolute atomic E-state index is 0.0371. The molecule has 1 aromatic carbocycles. The Kier molecular flexibility index (Phi) is 6.95. The molecule has 0 N–H and O–H groups in total. The highest BCUT2D eigenvalue weighted by Gasteiger charge is 2.52. The monoisotopic (exact) mass is 390 g/mol. The highest BCUT2D eigenvalue weighted by atomic mass is 32.2. The quantitative estimate of drug-likeness (QED) is 0.537. The van der Waals surface area contributed by atoms with Gasteiger partial charge in [0.05, 0.1) is 23.4 Å². The van der Waals surface area contributed by atoms with Crippen LogP contribution in [0.3, 0.4) is 0 Å². The van der Waals surface area contributed by atoms with Crippen LogP contribution in [0, 0.1) is 0 Å². The Hall–Kier alpha value is -1.57. The molecule has 146 valence electrons. The van der Waals surface area contributed by atoms with Crippen molar-refractivity contribution < 1.29 is 23.6 Å². The van der Waals surface area contributed by atoms with E-state index in [1.54, 1.807) is 26.0 Å². The summed E-state index contributed by atoms with van der Waals surface area (Å²) in [7, 11) is -0.522. The second-order valence-corrected chi connectivity index (χ2v) is 8.58. The zero-order valence-corrected chi connectivity index (χ0v) is 17.6. The van der Waals surface area contributed by atoms with E-state index >= 15 is 0 Å². The van der Waals surface area contributed by atoms with E-state index in [9.17, 15) is 9.59 Å². The van der Waals surface area contributed by atoms with Crippen molar-refractivity contribution in [2.45, 2.75) is 52.7 Å². The summed E-state index contributed by atoms with van der Waals surface area (Å²) in [5, 5.41) is 0.0371. The van der Waals surface area contributed by atoms with Crippen LogP contribution in [0.4, 0.5) is 0 Å². The van der Waals surface area contributed by atoms with Gasteiger partial charge in [-0.3, -0.25) is 4.79 Å². The van der Waals surface area contributed by atoms with Crippen molar-refractivity contribution in [3.05, 3.63) is 40.9 Å². The molecule has 0 radical (unpaired) electrons. The highest BCUT2D eigenvalue weighted by molar-refractivity contribution is 8.13. The summed E-state index contributed by atoms with van der Waals surface area (Å²) in [5.41, 5.74) is 1.37. The maximum Gasteiger partial charge on any atom is 0.491 e. The van der Waals surface area contributed by atoms with Crippen molar-refractivity contribution in [3.63, 3.8) is 0 Å². The molecule has 0 unspecified atom stereocenters. The summed E-state index contributed by atoms with van der Waals surface area (Å²) in [6, 6.07) is 7.14. The first kappa shape index (κ1) is 21.7. The Labute approximate surface area is 166 Å². The van der Waals surface area contributed by atoms with Gasteiger partial charge in [-0.25, -0.2) is 4.79 Å². The van der Waals surface area contributed by atoms with Gasteiger partial charge in [-0.05, 0) is 57.8 Å². The normalized spacial score (nSPS) is 18.4. The topological polar surface area (TPSA) is 61.8 Å². The molecule has 1 saturated heterocycles. The maximum absolute atomic E-state index is 11.8. The Balaban J connectivity index is 2.26. The van der Waals surface area contributed by atoms with E-state index in [0.717, 1.165) is 11.0 Å². The predicted octanol–water partition coefficient (Wildman–Crippen LogP) is 4.16. The van der Waals surface area contributed by atoms with Gasteiger partial charge in [0, 0.05) is 12.7 Å². The van der Waals surface area contributed by atoms with Gasteiger partial charge in [-0.2, -0.15) is 0 Å². The van der Waals surface area contributed by atoms with Gasteiger partial charge in [0.15, 0.2) is 5.12 Å². The molecule has 0 bridgehead atoms. The number of hydrogen-bond acceptors (Lipinski definition) is 6. The minimum atomic E-state index is -0.522. The number of hydrogen-bond donors (Lipinski definition) is 0. The van der Waals surface area contributed by atoms with Gasteiger partial charge in [0.1, 0.15) is 0 Å². The molecule has 0 saturated carbocycles. The molecule has 1 aromatic rings. The number of carbonyl (C=O) groups is 2. The lowest BCUT2D eigenvalue weighted by Gasteiger charge is -2.32. The van der Waals surface area contributed by atoms with Crippen molar-refractivity contribution in [2.75, 3.05) is 12.4 Å². The molecule has 0 aromatic heterocycles. The van der Waals surface area contributed by atoms with Crippen molar-refractivity contribution in [3.8, 4) is 0 Å². The second kappa shape index (κ2) is 8.63. The van der Waals surface area contributed by atoms with Crippen LogP contribution in [-0.4, -0.2) is 41.8 Å². The van der Waals surface area contributed by atoms with Crippen molar-refractivity contribution in [1.82, 2.24) is 0 Å². The van der Waals surface area contributed by atoms with E-state index in [1.165, 1.54) is 11.8 Å². The fraction of sp³-hybridized carbons (Fsp3) is 0.500. The average molecular weight is 390 g/mol. The van der Waals surface area contributed by atoms with E-state index in [2.05, 4.69) is 0 Å². The number of carbonyl (C=O) groups excluding carboxylic acids is 2. The Bertz CT molecular complexity index is 708. The second-order valence-electron chi connectivity index (χ2n) is 7.43. The smallest absolute Gasteiger partial charge is 0.462 e. The largest absolute Gasteiger partial charge is 0.491 e. The summed E-state index contributed by atoms with van der Waals surface area (Å²) >= 11 is 1.22. The molecule has 1 fully saturated rings. The molecule has 27 heavy (non-hydrogen) atoms.